The summed E-state index contributed by atoms with van der Waals surface area (Å²) in [4.78, 5) is 20.8. The number of amides is 1. The number of carbonyl (C=O) groups excluding carboxylic acids is 1. The van der Waals surface area contributed by atoms with Gasteiger partial charge in [0.1, 0.15) is 0 Å². The van der Waals surface area contributed by atoms with E-state index in [9.17, 15) is 4.79 Å². The fourth-order valence-corrected chi connectivity index (χ4v) is 7.07. The number of rotatable bonds is 4. The molecule has 3 atom stereocenters. The summed E-state index contributed by atoms with van der Waals surface area (Å²) in [5, 5.41) is 0. The van der Waals surface area contributed by atoms with E-state index in [1.54, 1.807) is 0 Å². The van der Waals surface area contributed by atoms with Crippen LogP contribution in [-0.4, -0.2) is 65.9 Å². The molecule has 160 valence electrons. The largest absolute Gasteiger partial charge is 0.342 e. The fourth-order valence-electron chi connectivity index (χ4n) is 7.07. The van der Waals surface area contributed by atoms with Crippen molar-refractivity contribution in [3.05, 3.63) is 48.0 Å². The van der Waals surface area contributed by atoms with Gasteiger partial charge in [0, 0.05) is 57.8 Å². The van der Waals surface area contributed by atoms with Crippen molar-refractivity contribution < 1.29 is 4.79 Å². The minimum absolute atomic E-state index is 0.292. The van der Waals surface area contributed by atoms with Crippen LogP contribution in [0.5, 0.6) is 0 Å². The number of nitrogens with zero attached hydrogens (tertiary/aromatic N) is 3. The summed E-state index contributed by atoms with van der Waals surface area (Å²) in [5.74, 6) is 2.04. The Bertz CT molecular complexity index is 801. The number of piperidine rings is 1. The van der Waals surface area contributed by atoms with E-state index < -0.39 is 0 Å². The number of piperazine rings is 1. The predicted octanol–water partition coefficient (Wildman–Crippen LogP) is 3.40. The van der Waals surface area contributed by atoms with Crippen LogP contribution in [0.1, 0.15) is 37.7 Å². The molecule has 5 aliphatic rings. The molecular weight excluding hydrogens is 370 g/mol. The first-order valence-electron chi connectivity index (χ1n) is 12.2. The normalized spacial score (nSPS) is 33.5. The molecule has 4 nitrogen and oxygen atoms in total. The lowest BCUT2D eigenvalue weighted by Gasteiger charge is -2.43. The molecular formula is C26H35N3O. The molecule has 0 radical (unpaired) electrons. The van der Waals surface area contributed by atoms with E-state index in [-0.39, 0.29) is 0 Å². The quantitative estimate of drug-likeness (QED) is 0.719. The van der Waals surface area contributed by atoms with Gasteiger partial charge < -0.3 is 4.90 Å². The standard InChI is InChI=1S/C26H35N3O/c30-25(23-18-21-6-7-24(23)26(21)10-11-26)29-12-8-22(9-13-29)28-16-14-27(15-17-28)19-20-4-2-1-3-5-20/h1-7,21-24H,8-19H2/t21-,23+,24-/m1/s1. The van der Waals surface area contributed by atoms with Crippen molar-refractivity contribution in [3.8, 4) is 0 Å². The van der Waals surface area contributed by atoms with Crippen molar-refractivity contribution in [1.82, 2.24) is 14.7 Å². The summed E-state index contributed by atoms with van der Waals surface area (Å²) >= 11 is 0. The Labute approximate surface area is 180 Å². The molecule has 4 heteroatoms. The van der Waals surface area contributed by atoms with E-state index >= 15 is 0 Å². The molecule has 6 rings (SSSR count). The fraction of sp³-hybridized carbons (Fsp3) is 0.654. The topological polar surface area (TPSA) is 26.8 Å². The first-order chi connectivity index (χ1) is 14.7. The number of allylic oxidation sites excluding steroid dienone is 2. The lowest BCUT2D eigenvalue weighted by atomic mass is 9.87. The van der Waals surface area contributed by atoms with Crippen LogP contribution in [0.4, 0.5) is 0 Å². The van der Waals surface area contributed by atoms with Crippen LogP contribution in [0.2, 0.25) is 0 Å². The Morgan fingerprint density at radius 3 is 2.33 bits per heavy atom. The SMILES string of the molecule is O=C([C@H]1C[C@H]2C=C[C@H]1C21CC1)N1CCC(N2CCN(Cc3ccccc3)CC2)CC1. The first kappa shape index (κ1) is 19.1. The maximum absolute atomic E-state index is 13.3. The van der Waals surface area contributed by atoms with Crippen LogP contribution in [0.15, 0.2) is 42.5 Å². The highest BCUT2D eigenvalue weighted by Crippen LogP contribution is 2.70. The highest BCUT2D eigenvalue weighted by molar-refractivity contribution is 5.80. The Morgan fingerprint density at radius 1 is 0.933 bits per heavy atom. The molecule has 30 heavy (non-hydrogen) atoms. The van der Waals surface area contributed by atoms with Crippen molar-refractivity contribution in [2.24, 2.45) is 23.2 Å². The Hall–Kier alpha value is -1.65. The van der Waals surface area contributed by atoms with Gasteiger partial charge >= 0.3 is 0 Å². The maximum Gasteiger partial charge on any atom is 0.226 e. The zero-order valence-corrected chi connectivity index (χ0v) is 18.1. The predicted molar refractivity (Wildman–Crippen MR) is 119 cm³/mol. The Morgan fingerprint density at radius 2 is 1.67 bits per heavy atom. The molecule has 2 aliphatic heterocycles. The van der Waals surface area contributed by atoms with Crippen LogP contribution in [0.3, 0.4) is 0 Å². The lowest BCUT2D eigenvalue weighted by molar-refractivity contribution is -0.138. The molecule has 3 aliphatic carbocycles. The third kappa shape index (κ3) is 3.23. The van der Waals surface area contributed by atoms with Crippen molar-refractivity contribution in [3.63, 3.8) is 0 Å². The molecule has 0 aromatic heterocycles. The minimum Gasteiger partial charge on any atom is -0.342 e. The number of hydrogen-bond donors (Lipinski definition) is 0. The molecule has 1 aromatic rings. The molecule has 0 N–H and O–H groups in total. The van der Waals surface area contributed by atoms with Crippen LogP contribution in [-0.2, 0) is 11.3 Å². The number of benzene rings is 1. The average molecular weight is 406 g/mol. The summed E-state index contributed by atoms with van der Waals surface area (Å²) in [7, 11) is 0. The van der Waals surface area contributed by atoms with Gasteiger partial charge in [0.2, 0.25) is 5.91 Å². The van der Waals surface area contributed by atoms with Gasteiger partial charge in [-0.15, -0.1) is 0 Å². The van der Waals surface area contributed by atoms with Gasteiger partial charge in [-0.2, -0.15) is 0 Å². The van der Waals surface area contributed by atoms with E-state index in [1.165, 1.54) is 31.5 Å². The zero-order chi connectivity index (χ0) is 20.1. The smallest absolute Gasteiger partial charge is 0.226 e. The zero-order valence-electron chi connectivity index (χ0n) is 18.1. The second kappa shape index (κ2) is 7.49. The lowest BCUT2D eigenvalue weighted by Crippen LogP contribution is -2.54. The molecule has 2 heterocycles. The summed E-state index contributed by atoms with van der Waals surface area (Å²) in [6.45, 7) is 7.68. The van der Waals surface area contributed by atoms with Gasteiger partial charge in [-0.1, -0.05) is 42.5 Å². The highest BCUT2D eigenvalue weighted by atomic mass is 16.2. The number of likely N-dealkylation sites (tertiary alicyclic amines) is 1. The van der Waals surface area contributed by atoms with Crippen molar-refractivity contribution in [1.29, 1.82) is 0 Å². The Balaban J connectivity index is 0.981. The molecule has 2 bridgehead atoms. The number of carbonyl (C=O) groups is 1. The summed E-state index contributed by atoms with van der Waals surface area (Å²) in [6.07, 6.45) is 11.0. The highest BCUT2D eigenvalue weighted by Gasteiger charge is 2.64. The van der Waals surface area contributed by atoms with Crippen LogP contribution in [0.25, 0.3) is 0 Å². The van der Waals surface area contributed by atoms with Crippen LogP contribution >= 0.6 is 0 Å². The van der Waals surface area contributed by atoms with Gasteiger partial charge in [-0.25, -0.2) is 0 Å². The molecule has 1 aromatic carbocycles. The first-order valence-corrected chi connectivity index (χ1v) is 12.2. The second-order valence-corrected chi connectivity index (χ2v) is 10.4. The summed E-state index contributed by atoms with van der Waals surface area (Å²) in [5.41, 5.74) is 1.94. The van der Waals surface area contributed by atoms with E-state index in [2.05, 4.69) is 57.2 Å². The average Bonchev–Trinajstić information content (AvgIpc) is 3.47. The number of hydrogen-bond acceptors (Lipinski definition) is 3. The van der Waals surface area contributed by atoms with E-state index in [4.69, 9.17) is 0 Å². The second-order valence-electron chi connectivity index (χ2n) is 10.4. The Kier molecular flexibility index (Phi) is 4.76. The third-order valence-corrected chi connectivity index (χ3v) is 8.99. The summed E-state index contributed by atoms with van der Waals surface area (Å²) in [6, 6.07) is 11.5. The monoisotopic (exact) mass is 405 g/mol. The van der Waals surface area contributed by atoms with Gasteiger partial charge in [0.25, 0.3) is 0 Å². The maximum atomic E-state index is 13.3. The van der Waals surface area contributed by atoms with Crippen LogP contribution in [0, 0.1) is 23.2 Å². The van der Waals surface area contributed by atoms with E-state index in [0.717, 1.165) is 52.0 Å². The van der Waals surface area contributed by atoms with Crippen molar-refractivity contribution in [2.75, 3.05) is 39.3 Å². The molecule has 1 spiro atoms. The van der Waals surface area contributed by atoms with Crippen LogP contribution < -0.4 is 0 Å². The van der Waals surface area contributed by atoms with E-state index in [0.29, 0.717) is 35.1 Å². The molecule has 4 fully saturated rings. The third-order valence-electron chi connectivity index (χ3n) is 8.99. The molecule has 0 unspecified atom stereocenters. The van der Waals surface area contributed by atoms with Gasteiger partial charge in [0.15, 0.2) is 0 Å². The molecule has 2 saturated heterocycles. The molecule has 1 amide bonds. The van der Waals surface area contributed by atoms with Gasteiger partial charge in [0.05, 0.1) is 0 Å². The molecule has 2 saturated carbocycles. The van der Waals surface area contributed by atoms with Gasteiger partial charge in [-0.3, -0.25) is 14.6 Å². The van der Waals surface area contributed by atoms with Crippen molar-refractivity contribution >= 4 is 5.91 Å². The van der Waals surface area contributed by atoms with Gasteiger partial charge in [-0.05, 0) is 54.9 Å². The van der Waals surface area contributed by atoms with E-state index in [1.807, 2.05) is 0 Å². The minimum atomic E-state index is 0.292. The van der Waals surface area contributed by atoms with Crippen molar-refractivity contribution in [2.45, 2.75) is 44.7 Å². The summed E-state index contributed by atoms with van der Waals surface area (Å²) < 4.78 is 0.